The van der Waals surface area contributed by atoms with Crippen molar-refractivity contribution in [3.63, 3.8) is 0 Å². The first kappa shape index (κ1) is 22.2. The van der Waals surface area contributed by atoms with Crippen LogP contribution in [0.5, 0.6) is 0 Å². The molecule has 0 aliphatic carbocycles. The van der Waals surface area contributed by atoms with Crippen molar-refractivity contribution in [2.75, 3.05) is 18.4 Å². The summed E-state index contributed by atoms with van der Waals surface area (Å²) in [6, 6.07) is 12.9. The molecule has 9 nitrogen and oxygen atoms in total. The van der Waals surface area contributed by atoms with Crippen molar-refractivity contribution in [1.82, 2.24) is 9.62 Å². The van der Waals surface area contributed by atoms with Crippen LogP contribution in [0.15, 0.2) is 64.4 Å². The van der Waals surface area contributed by atoms with E-state index in [0.717, 1.165) is 6.42 Å². The topological polar surface area (TPSA) is 139 Å². The number of carbonyl (C=O) groups excluding carboxylic acids is 1. The molecule has 0 aromatic heterocycles. The van der Waals surface area contributed by atoms with Gasteiger partial charge in [0.2, 0.25) is 20.0 Å². The largest absolute Gasteiger partial charge is 0.336 e. The van der Waals surface area contributed by atoms with E-state index < -0.39 is 32.1 Å². The van der Waals surface area contributed by atoms with E-state index in [1.807, 2.05) is 6.07 Å². The lowest BCUT2D eigenvalue weighted by atomic mass is 10.1. The third kappa shape index (κ3) is 5.36. The van der Waals surface area contributed by atoms with E-state index >= 15 is 0 Å². The van der Waals surface area contributed by atoms with Gasteiger partial charge in [-0.2, -0.15) is 4.31 Å². The van der Waals surface area contributed by atoms with Crippen LogP contribution in [0.1, 0.15) is 19.3 Å². The Hall–Kier alpha value is -2.47. The van der Waals surface area contributed by atoms with Crippen molar-refractivity contribution in [3.8, 4) is 0 Å². The van der Waals surface area contributed by atoms with E-state index in [1.165, 1.54) is 28.6 Å². The van der Waals surface area contributed by atoms with Crippen LogP contribution in [0.2, 0.25) is 0 Å². The van der Waals surface area contributed by atoms with Gasteiger partial charge in [0.25, 0.3) is 0 Å². The van der Waals surface area contributed by atoms with Gasteiger partial charge >= 0.3 is 6.03 Å². The van der Waals surface area contributed by atoms with Gasteiger partial charge in [0, 0.05) is 24.8 Å². The molecule has 0 bridgehead atoms. The summed E-state index contributed by atoms with van der Waals surface area (Å²) in [6.45, 7) is 0.485. The summed E-state index contributed by atoms with van der Waals surface area (Å²) in [6.07, 6.45) is 2.17. The Morgan fingerprint density at radius 3 is 2.23 bits per heavy atom. The van der Waals surface area contributed by atoms with Gasteiger partial charge in [0.1, 0.15) is 0 Å². The standard InChI is InChI=1S/C19H24N4O5S2/c20-29(25,26)17-9-11-18(12-10-17)30(27,28)23-13-5-4-8-16(23)14-21-19(24)22-15-6-2-1-3-7-15/h1-3,6-7,9-12,16H,4-5,8,13-14H2,(H2,20,25,26)(H2,21,22,24). The summed E-state index contributed by atoms with van der Waals surface area (Å²) in [5.41, 5.74) is 0.637. The Balaban J connectivity index is 1.70. The molecule has 11 heteroatoms. The van der Waals surface area contributed by atoms with Gasteiger partial charge in [-0.25, -0.2) is 26.8 Å². The number of nitrogens with zero attached hydrogens (tertiary/aromatic N) is 1. The smallest absolute Gasteiger partial charge is 0.319 e. The molecule has 0 radical (unpaired) electrons. The van der Waals surface area contributed by atoms with E-state index in [1.54, 1.807) is 24.3 Å². The number of para-hydroxylation sites is 1. The maximum Gasteiger partial charge on any atom is 0.319 e. The molecule has 1 atom stereocenters. The van der Waals surface area contributed by atoms with Crippen LogP contribution in [-0.4, -0.2) is 46.3 Å². The van der Waals surface area contributed by atoms with Gasteiger partial charge < -0.3 is 10.6 Å². The van der Waals surface area contributed by atoms with E-state index in [-0.39, 0.29) is 16.3 Å². The van der Waals surface area contributed by atoms with Gasteiger partial charge in [-0.1, -0.05) is 24.6 Å². The van der Waals surface area contributed by atoms with Crippen LogP contribution in [-0.2, 0) is 20.0 Å². The highest BCUT2D eigenvalue weighted by Gasteiger charge is 2.33. The minimum absolute atomic E-state index is 0.0180. The zero-order chi connectivity index (χ0) is 21.8. The number of carbonyl (C=O) groups is 1. The first-order valence-corrected chi connectivity index (χ1v) is 12.4. The van der Waals surface area contributed by atoms with Gasteiger partial charge in [0.15, 0.2) is 0 Å². The van der Waals surface area contributed by atoms with E-state index in [2.05, 4.69) is 10.6 Å². The summed E-state index contributed by atoms with van der Waals surface area (Å²) >= 11 is 0. The summed E-state index contributed by atoms with van der Waals surface area (Å²) in [5.74, 6) is 0. The molecule has 0 spiro atoms. The maximum atomic E-state index is 13.1. The number of sulfonamides is 2. The number of urea groups is 1. The molecular formula is C19H24N4O5S2. The average Bonchev–Trinajstić information content (AvgIpc) is 2.72. The molecule has 2 aromatic rings. The van der Waals surface area contributed by atoms with E-state index in [0.29, 0.717) is 25.1 Å². The summed E-state index contributed by atoms with van der Waals surface area (Å²) < 4.78 is 50.4. The van der Waals surface area contributed by atoms with Crippen molar-refractivity contribution in [2.24, 2.45) is 5.14 Å². The molecule has 2 aromatic carbocycles. The van der Waals surface area contributed by atoms with Crippen LogP contribution in [0.3, 0.4) is 0 Å². The fourth-order valence-corrected chi connectivity index (χ4v) is 5.55. The highest BCUT2D eigenvalue weighted by atomic mass is 32.2. The summed E-state index contributed by atoms with van der Waals surface area (Å²) in [5, 5.41) is 10.5. The quantitative estimate of drug-likeness (QED) is 0.612. The Kier molecular flexibility index (Phi) is 6.76. The number of hydrogen-bond acceptors (Lipinski definition) is 5. The molecule has 1 saturated heterocycles. The lowest BCUT2D eigenvalue weighted by molar-refractivity contribution is 0.231. The molecule has 4 N–H and O–H groups in total. The molecule has 162 valence electrons. The Labute approximate surface area is 176 Å². The molecule has 3 rings (SSSR count). The molecule has 1 fully saturated rings. The number of piperidine rings is 1. The molecule has 1 unspecified atom stereocenters. The van der Waals surface area contributed by atoms with Gasteiger partial charge in [-0.15, -0.1) is 0 Å². The fraction of sp³-hybridized carbons (Fsp3) is 0.316. The number of nitrogens with one attached hydrogen (secondary N) is 2. The SMILES string of the molecule is NS(=O)(=O)c1ccc(S(=O)(=O)N2CCCCC2CNC(=O)Nc2ccccc2)cc1. The molecular weight excluding hydrogens is 428 g/mol. The lowest BCUT2D eigenvalue weighted by Crippen LogP contribution is -2.49. The second-order valence-electron chi connectivity index (χ2n) is 6.98. The van der Waals surface area contributed by atoms with Crippen molar-refractivity contribution in [2.45, 2.75) is 35.1 Å². The molecule has 1 aliphatic rings. The molecule has 30 heavy (non-hydrogen) atoms. The van der Waals surface area contributed by atoms with Gasteiger partial charge in [0.05, 0.1) is 9.79 Å². The summed E-state index contributed by atoms with van der Waals surface area (Å²) in [7, 11) is -7.76. The Morgan fingerprint density at radius 1 is 0.967 bits per heavy atom. The molecule has 1 heterocycles. The van der Waals surface area contributed by atoms with Crippen LogP contribution in [0.25, 0.3) is 0 Å². The number of primary sulfonamides is 1. The van der Waals surface area contributed by atoms with Crippen LogP contribution < -0.4 is 15.8 Å². The summed E-state index contributed by atoms with van der Waals surface area (Å²) in [4.78, 5) is 12.0. The number of hydrogen-bond donors (Lipinski definition) is 3. The highest BCUT2D eigenvalue weighted by Crippen LogP contribution is 2.26. The lowest BCUT2D eigenvalue weighted by Gasteiger charge is -2.34. The van der Waals surface area contributed by atoms with Crippen molar-refractivity contribution >= 4 is 31.8 Å². The zero-order valence-corrected chi connectivity index (χ0v) is 17.8. The molecule has 0 saturated carbocycles. The van der Waals surface area contributed by atoms with E-state index in [9.17, 15) is 21.6 Å². The fourth-order valence-electron chi connectivity index (χ4n) is 3.34. The van der Waals surface area contributed by atoms with Crippen LogP contribution in [0, 0.1) is 0 Å². The van der Waals surface area contributed by atoms with Crippen molar-refractivity contribution in [3.05, 3.63) is 54.6 Å². The van der Waals surface area contributed by atoms with Crippen molar-refractivity contribution < 1.29 is 21.6 Å². The predicted octanol–water partition coefficient (Wildman–Crippen LogP) is 1.70. The van der Waals surface area contributed by atoms with Crippen LogP contribution >= 0.6 is 0 Å². The highest BCUT2D eigenvalue weighted by molar-refractivity contribution is 7.89. The minimum atomic E-state index is -3.91. The average molecular weight is 453 g/mol. The third-order valence-electron chi connectivity index (χ3n) is 4.86. The predicted molar refractivity (Wildman–Crippen MR) is 113 cm³/mol. The van der Waals surface area contributed by atoms with Gasteiger partial charge in [-0.05, 0) is 49.2 Å². The number of amides is 2. The zero-order valence-electron chi connectivity index (χ0n) is 16.2. The number of nitrogens with two attached hydrogens (primary N) is 1. The van der Waals surface area contributed by atoms with Crippen LogP contribution in [0.4, 0.5) is 10.5 Å². The molecule has 2 amide bonds. The molecule has 1 aliphatic heterocycles. The maximum absolute atomic E-state index is 13.1. The van der Waals surface area contributed by atoms with E-state index in [4.69, 9.17) is 5.14 Å². The number of rotatable bonds is 6. The second kappa shape index (κ2) is 9.13. The number of benzene rings is 2. The minimum Gasteiger partial charge on any atom is -0.336 e. The van der Waals surface area contributed by atoms with Crippen molar-refractivity contribution in [1.29, 1.82) is 0 Å². The second-order valence-corrected chi connectivity index (χ2v) is 10.4. The third-order valence-corrected chi connectivity index (χ3v) is 7.76. The first-order chi connectivity index (χ1) is 14.2. The normalized spacial score (nSPS) is 18.0. The number of anilines is 1. The Bertz CT molecular complexity index is 1090. The monoisotopic (exact) mass is 452 g/mol. The van der Waals surface area contributed by atoms with Gasteiger partial charge in [-0.3, -0.25) is 0 Å². The Morgan fingerprint density at radius 2 is 1.60 bits per heavy atom. The first-order valence-electron chi connectivity index (χ1n) is 9.42.